The van der Waals surface area contributed by atoms with Gasteiger partial charge in [-0.1, -0.05) is 0 Å². The van der Waals surface area contributed by atoms with Crippen molar-refractivity contribution in [3.05, 3.63) is 23.3 Å². The van der Waals surface area contributed by atoms with Crippen molar-refractivity contribution < 1.29 is 19.4 Å². The van der Waals surface area contributed by atoms with Gasteiger partial charge in [0.2, 0.25) is 0 Å². The van der Waals surface area contributed by atoms with Gasteiger partial charge in [0.15, 0.2) is 0 Å². The maximum absolute atomic E-state index is 3.90. The van der Waals surface area contributed by atoms with Crippen molar-refractivity contribution in [3.8, 4) is 0 Å². The Kier molecular flexibility index (Phi) is 4.05. The molecule has 0 aliphatic rings. The van der Waals surface area contributed by atoms with Crippen LogP contribution in [0.5, 0.6) is 0 Å². The molecule has 1 heteroatoms. The third-order valence-corrected chi connectivity index (χ3v) is 2.83. The van der Waals surface area contributed by atoms with E-state index in [2.05, 4.69) is 34.3 Å². The van der Waals surface area contributed by atoms with E-state index in [-0.39, 0.29) is 0 Å². The normalized spacial score (nSPS) is 12.4. The average molecular weight is 306 g/mol. The second-order valence-electron chi connectivity index (χ2n) is 2.59. The fourth-order valence-corrected chi connectivity index (χ4v) is 1.13. The summed E-state index contributed by atoms with van der Waals surface area (Å²) >= 11 is 1.55. The molecule has 0 N–H and O–H groups in total. The van der Waals surface area contributed by atoms with E-state index in [9.17, 15) is 0 Å². The maximum atomic E-state index is 3.90. The Bertz CT molecular complexity index is 175. The topological polar surface area (TPSA) is 0 Å². The molecule has 0 radical (unpaired) electrons. The molecular weight excluding hydrogens is 292 g/mol. The van der Waals surface area contributed by atoms with Gasteiger partial charge in [-0.3, -0.25) is 0 Å². The molecule has 0 bridgehead atoms. The molecule has 56 valence electrons. The van der Waals surface area contributed by atoms with Gasteiger partial charge in [-0.05, 0) is 0 Å². The standard InChI is InChI=1S/C9H14.W/c1-6-8(4)9(5)7(2)3;/h2H2,1,3-5H3;. The second-order valence-corrected chi connectivity index (χ2v) is 4.79. The van der Waals surface area contributed by atoms with Crippen LogP contribution >= 0.6 is 0 Å². The summed E-state index contributed by atoms with van der Waals surface area (Å²) in [6.45, 7) is 12.4. The van der Waals surface area contributed by atoms with Crippen LogP contribution < -0.4 is 0 Å². The van der Waals surface area contributed by atoms with Gasteiger partial charge in [-0.25, -0.2) is 0 Å². The van der Waals surface area contributed by atoms with E-state index in [1.165, 1.54) is 20.6 Å². The first kappa shape index (κ1) is 10.0. The Labute approximate surface area is 74.4 Å². The summed E-state index contributed by atoms with van der Waals surface area (Å²) in [5.74, 6) is 0. The minimum atomic E-state index is 1.18. The molecule has 0 spiro atoms. The summed E-state index contributed by atoms with van der Waals surface area (Å²) in [5, 5.41) is 0. The SMILES string of the molecule is C=C(C)C(C)=C(C)[C](C)=[W]. The molecule has 0 aliphatic carbocycles. The van der Waals surface area contributed by atoms with Crippen LogP contribution in [0.15, 0.2) is 23.3 Å². The first-order valence-corrected chi connectivity index (χ1v) is 4.77. The van der Waals surface area contributed by atoms with E-state index in [1.54, 1.807) is 19.4 Å². The second kappa shape index (κ2) is 4.03. The molecule has 0 saturated carbocycles. The zero-order valence-corrected chi connectivity index (χ0v) is 10.0. The van der Waals surface area contributed by atoms with E-state index < -0.39 is 0 Å². The molecule has 0 amide bonds. The van der Waals surface area contributed by atoms with Crippen LogP contribution in [0.3, 0.4) is 0 Å². The molecule has 0 aliphatic heterocycles. The number of allylic oxidation sites excluding steroid dienone is 3. The number of hydrogen-bond acceptors (Lipinski definition) is 0. The van der Waals surface area contributed by atoms with Gasteiger partial charge in [0, 0.05) is 0 Å². The van der Waals surface area contributed by atoms with E-state index in [0.717, 1.165) is 0 Å². The van der Waals surface area contributed by atoms with E-state index in [1.807, 2.05) is 0 Å². The minimum absolute atomic E-state index is 1.18. The molecule has 0 unspecified atom stereocenters. The summed E-state index contributed by atoms with van der Waals surface area (Å²) in [6.07, 6.45) is 0. The fraction of sp³-hybridized carbons (Fsp3) is 0.444. The molecule has 0 aromatic heterocycles. The number of hydrogen-bond donors (Lipinski definition) is 0. The van der Waals surface area contributed by atoms with Crippen molar-refractivity contribution in [1.82, 2.24) is 0 Å². The molecule has 0 nitrogen and oxygen atoms in total. The third-order valence-electron chi connectivity index (χ3n) is 1.73. The molecule has 0 aromatic carbocycles. The van der Waals surface area contributed by atoms with Crippen LogP contribution in [0, 0.1) is 0 Å². The molecular formula is C9H14W. The van der Waals surface area contributed by atoms with Gasteiger partial charge in [0.1, 0.15) is 0 Å². The van der Waals surface area contributed by atoms with Crippen molar-refractivity contribution >= 4 is 3.90 Å². The molecule has 10 heavy (non-hydrogen) atoms. The van der Waals surface area contributed by atoms with Crippen molar-refractivity contribution in [2.24, 2.45) is 0 Å². The molecule has 0 fully saturated rings. The van der Waals surface area contributed by atoms with Crippen LogP contribution in [-0.2, 0) is 19.4 Å². The first-order chi connectivity index (χ1) is 4.46. The molecule has 0 aromatic rings. The van der Waals surface area contributed by atoms with E-state index in [0.29, 0.717) is 0 Å². The van der Waals surface area contributed by atoms with E-state index in [4.69, 9.17) is 0 Å². The Morgan fingerprint density at radius 3 is 1.50 bits per heavy atom. The van der Waals surface area contributed by atoms with Crippen LogP contribution in [0.1, 0.15) is 27.7 Å². The molecule has 0 heterocycles. The average Bonchev–Trinajstić information content (AvgIpc) is 1.84. The predicted octanol–water partition coefficient (Wildman–Crippen LogP) is 2.64. The van der Waals surface area contributed by atoms with Crippen LogP contribution in [0.25, 0.3) is 0 Å². The summed E-state index contributed by atoms with van der Waals surface area (Å²) in [5.41, 5.74) is 3.92. The van der Waals surface area contributed by atoms with Crippen LogP contribution in [0.4, 0.5) is 0 Å². The molecule has 0 saturated heterocycles. The van der Waals surface area contributed by atoms with Crippen molar-refractivity contribution in [1.29, 1.82) is 0 Å². The monoisotopic (exact) mass is 306 g/mol. The van der Waals surface area contributed by atoms with Crippen molar-refractivity contribution in [2.75, 3.05) is 0 Å². The van der Waals surface area contributed by atoms with E-state index >= 15 is 0 Å². The quantitative estimate of drug-likeness (QED) is 0.688. The Hall–Kier alpha value is 0.0383. The van der Waals surface area contributed by atoms with Gasteiger partial charge < -0.3 is 0 Å². The zero-order chi connectivity index (χ0) is 8.31. The fourth-order valence-electron chi connectivity index (χ4n) is 0.584. The van der Waals surface area contributed by atoms with Crippen LogP contribution in [0.2, 0.25) is 0 Å². The van der Waals surface area contributed by atoms with Gasteiger partial charge >= 0.3 is 74.2 Å². The summed E-state index contributed by atoms with van der Waals surface area (Å²) in [4.78, 5) is 0. The summed E-state index contributed by atoms with van der Waals surface area (Å²) < 4.78 is 1.46. The van der Waals surface area contributed by atoms with Crippen molar-refractivity contribution in [3.63, 3.8) is 0 Å². The zero-order valence-electron chi connectivity index (χ0n) is 7.12. The van der Waals surface area contributed by atoms with Gasteiger partial charge in [-0.2, -0.15) is 0 Å². The van der Waals surface area contributed by atoms with Gasteiger partial charge in [0.25, 0.3) is 0 Å². The third kappa shape index (κ3) is 2.75. The van der Waals surface area contributed by atoms with Gasteiger partial charge in [-0.15, -0.1) is 0 Å². The molecule has 0 atom stereocenters. The van der Waals surface area contributed by atoms with Crippen LogP contribution in [-0.4, -0.2) is 3.90 Å². The summed E-state index contributed by atoms with van der Waals surface area (Å²) in [7, 11) is 0. The predicted molar refractivity (Wildman–Crippen MR) is 43.9 cm³/mol. The Morgan fingerprint density at radius 2 is 1.40 bits per heavy atom. The van der Waals surface area contributed by atoms with Crippen molar-refractivity contribution in [2.45, 2.75) is 27.7 Å². The first-order valence-electron chi connectivity index (χ1n) is 3.31. The molecule has 0 rings (SSSR count). The Balaban J connectivity index is 4.67. The summed E-state index contributed by atoms with van der Waals surface area (Å²) in [6, 6.07) is 0. The van der Waals surface area contributed by atoms with Gasteiger partial charge in [0.05, 0.1) is 0 Å². The Morgan fingerprint density at radius 1 is 1.00 bits per heavy atom. The number of rotatable bonds is 2.